The quantitative estimate of drug-likeness (QED) is 0.794. The molecule has 21 heavy (non-hydrogen) atoms. The summed E-state index contributed by atoms with van der Waals surface area (Å²) in [5.74, 6) is 0.408. The fraction of sp³-hybridized carbons (Fsp3) is 0.235. The van der Waals surface area contributed by atoms with E-state index in [1.807, 2.05) is 35.8 Å². The number of aromatic nitrogens is 2. The molecule has 1 atom stereocenters. The summed E-state index contributed by atoms with van der Waals surface area (Å²) in [5, 5.41) is 10.2. The number of rotatable bonds is 4. The van der Waals surface area contributed by atoms with Crippen LogP contribution in [0.15, 0.2) is 48.5 Å². The average molecular weight is 284 g/mol. The van der Waals surface area contributed by atoms with E-state index in [2.05, 4.69) is 4.98 Å². The molecule has 3 nitrogen and oxygen atoms in total. The monoisotopic (exact) mass is 284 g/mol. The van der Waals surface area contributed by atoms with E-state index in [1.165, 1.54) is 12.1 Å². The van der Waals surface area contributed by atoms with E-state index in [0.29, 0.717) is 18.8 Å². The minimum atomic E-state index is -0.599. The fourth-order valence-corrected chi connectivity index (χ4v) is 2.47. The molecule has 1 aromatic heterocycles. The van der Waals surface area contributed by atoms with E-state index in [9.17, 15) is 9.50 Å². The molecule has 0 aliphatic heterocycles. The first-order valence-electron chi connectivity index (χ1n) is 7.06. The van der Waals surface area contributed by atoms with Crippen LogP contribution >= 0.6 is 0 Å². The molecule has 0 fully saturated rings. The molecule has 0 bridgehead atoms. The zero-order valence-electron chi connectivity index (χ0n) is 11.8. The van der Waals surface area contributed by atoms with Gasteiger partial charge in [-0.15, -0.1) is 0 Å². The van der Waals surface area contributed by atoms with Crippen molar-refractivity contribution in [3.8, 4) is 0 Å². The van der Waals surface area contributed by atoms with Crippen LogP contribution in [0.25, 0.3) is 11.0 Å². The number of nitrogens with zero attached hydrogens (tertiary/aromatic N) is 2. The molecule has 2 aromatic carbocycles. The van der Waals surface area contributed by atoms with E-state index in [0.717, 1.165) is 16.6 Å². The minimum absolute atomic E-state index is 0.247. The van der Waals surface area contributed by atoms with Gasteiger partial charge in [0.2, 0.25) is 0 Å². The Morgan fingerprint density at radius 1 is 1.14 bits per heavy atom. The van der Waals surface area contributed by atoms with E-state index >= 15 is 0 Å². The van der Waals surface area contributed by atoms with Crippen LogP contribution in [-0.4, -0.2) is 14.7 Å². The van der Waals surface area contributed by atoms with Gasteiger partial charge in [-0.25, -0.2) is 9.37 Å². The fourth-order valence-electron chi connectivity index (χ4n) is 2.47. The maximum atomic E-state index is 13.0. The van der Waals surface area contributed by atoms with Gasteiger partial charge in [-0.05, 0) is 36.2 Å². The summed E-state index contributed by atoms with van der Waals surface area (Å²) in [6.45, 7) is 2.49. The molecule has 1 heterocycles. The predicted octanol–water partition coefficient (Wildman–Crippen LogP) is 3.67. The number of aliphatic hydroxyl groups is 1. The third-order valence-electron chi connectivity index (χ3n) is 3.62. The number of hydrogen-bond donors (Lipinski definition) is 1. The van der Waals surface area contributed by atoms with Crippen LogP contribution in [0.4, 0.5) is 4.39 Å². The predicted molar refractivity (Wildman–Crippen MR) is 80.5 cm³/mol. The molecule has 3 aromatic rings. The second kappa shape index (κ2) is 5.66. The van der Waals surface area contributed by atoms with Crippen molar-refractivity contribution in [3.63, 3.8) is 0 Å². The number of fused-ring (bicyclic) bond motifs is 1. The molecule has 0 radical (unpaired) electrons. The van der Waals surface area contributed by atoms with Crippen LogP contribution in [-0.2, 0) is 6.54 Å². The summed E-state index contributed by atoms with van der Waals surface area (Å²) in [5.41, 5.74) is 2.82. The number of benzene rings is 2. The lowest BCUT2D eigenvalue weighted by molar-refractivity contribution is 0.160. The summed E-state index contributed by atoms with van der Waals surface area (Å²) in [7, 11) is 0. The second-order valence-electron chi connectivity index (χ2n) is 5.10. The number of aliphatic hydroxyl groups excluding tert-OH is 1. The molecule has 1 unspecified atom stereocenters. The van der Waals surface area contributed by atoms with Crippen molar-refractivity contribution >= 4 is 11.0 Å². The minimum Gasteiger partial charge on any atom is -0.385 e. The normalized spacial score (nSPS) is 12.7. The Bertz CT molecular complexity index is 749. The topological polar surface area (TPSA) is 38.1 Å². The summed E-state index contributed by atoms with van der Waals surface area (Å²) in [4.78, 5) is 4.54. The summed E-state index contributed by atoms with van der Waals surface area (Å²) < 4.78 is 15.0. The van der Waals surface area contributed by atoms with Gasteiger partial charge < -0.3 is 9.67 Å². The van der Waals surface area contributed by atoms with Gasteiger partial charge in [0.25, 0.3) is 0 Å². The molecule has 4 heteroatoms. The Morgan fingerprint density at radius 2 is 1.86 bits per heavy atom. The number of hydrogen-bond acceptors (Lipinski definition) is 2. The van der Waals surface area contributed by atoms with E-state index in [4.69, 9.17) is 0 Å². The maximum absolute atomic E-state index is 13.0. The number of halogens is 1. The van der Waals surface area contributed by atoms with Gasteiger partial charge in [0.15, 0.2) is 0 Å². The number of para-hydroxylation sites is 2. The van der Waals surface area contributed by atoms with Crippen LogP contribution in [0.2, 0.25) is 0 Å². The van der Waals surface area contributed by atoms with E-state index in [1.54, 1.807) is 12.1 Å². The molecular weight excluding hydrogens is 267 g/mol. The molecule has 0 saturated heterocycles. The maximum Gasteiger partial charge on any atom is 0.139 e. The van der Waals surface area contributed by atoms with Crippen LogP contribution in [0, 0.1) is 5.82 Å². The molecule has 0 spiro atoms. The highest BCUT2D eigenvalue weighted by Gasteiger charge is 2.16. The highest BCUT2D eigenvalue weighted by molar-refractivity contribution is 5.76. The zero-order valence-corrected chi connectivity index (χ0v) is 11.8. The van der Waals surface area contributed by atoms with Crippen molar-refractivity contribution in [1.29, 1.82) is 0 Å². The summed E-state index contributed by atoms with van der Waals surface area (Å²) >= 11 is 0. The molecular formula is C17H17FN2O. The molecule has 0 aliphatic carbocycles. The first-order valence-corrected chi connectivity index (χ1v) is 7.06. The van der Waals surface area contributed by atoms with E-state index < -0.39 is 6.10 Å². The van der Waals surface area contributed by atoms with Gasteiger partial charge in [-0.2, -0.15) is 0 Å². The molecule has 108 valence electrons. The lowest BCUT2D eigenvalue weighted by Gasteiger charge is -2.12. The van der Waals surface area contributed by atoms with Crippen molar-refractivity contribution in [2.45, 2.75) is 26.0 Å². The Hall–Kier alpha value is -2.20. The van der Waals surface area contributed by atoms with Crippen LogP contribution < -0.4 is 0 Å². The van der Waals surface area contributed by atoms with Crippen molar-refractivity contribution in [1.82, 2.24) is 9.55 Å². The van der Waals surface area contributed by atoms with Crippen LogP contribution in [0.1, 0.15) is 30.8 Å². The van der Waals surface area contributed by atoms with Crippen LogP contribution in [0.5, 0.6) is 0 Å². The third-order valence-corrected chi connectivity index (χ3v) is 3.62. The standard InChI is InChI=1S/C17H17FN2O/c1-2-16(21)17-19-14-5-3-4-6-15(14)20(17)11-12-7-9-13(18)10-8-12/h3-10,16,21H,2,11H2,1H3. The Labute approximate surface area is 122 Å². The largest absolute Gasteiger partial charge is 0.385 e. The first-order chi connectivity index (χ1) is 10.2. The Morgan fingerprint density at radius 3 is 2.57 bits per heavy atom. The van der Waals surface area contributed by atoms with Gasteiger partial charge in [0.05, 0.1) is 11.0 Å². The highest BCUT2D eigenvalue weighted by atomic mass is 19.1. The lowest BCUT2D eigenvalue weighted by atomic mass is 10.2. The summed E-state index contributed by atoms with van der Waals surface area (Å²) in [6.07, 6.45) is 0.00469. The summed E-state index contributed by atoms with van der Waals surface area (Å²) in [6, 6.07) is 14.2. The zero-order chi connectivity index (χ0) is 14.8. The van der Waals surface area contributed by atoms with E-state index in [-0.39, 0.29) is 5.82 Å². The molecule has 0 amide bonds. The van der Waals surface area contributed by atoms with Gasteiger partial charge in [-0.3, -0.25) is 0 Å². The second-order valence-corrected chi connectivity index (χ2v) is 5.10. The number of imidazole rings is 1. The lowest BCUT2D eigenvalue weighted by Crippen LogP contribution is -2.09. The molecule has 3 rings (SSSR count). The van der Waals surface area contributed by atoms with Gasteiger partial charge in [0.1, 0.15) is 17.7 Å². The van der Waals surface area contributed by atoms with Gasteiger partial charge in [0, 0.05) is 6.54 Å². The van der Waals surface area contributed by atoms with Crippen LogP contribution in [0.3, 0.4) is 0 Å². The molecule has 1 N–H and O–H groups in total. The molecule has 0 aliphatic rings. The van der Waals surface area contributed by atoms with Crippen molar-refractivity contribution in [3.05, 3.63) is 65.7 Å². The Kier molecular flexibility index (Phi) is 3.71. The van der Waals surface area contributed by atoms with Crippen molar-refractivity contribution < 1.29 is 9.50 Å². The highest BCUT2D eigenvalue weighted by Crippen LogP contribution is 2.23. The SMILES string of the molecule is CCC(O)c1nc2ccccc2n1Cc1ccc(F)cc1. The first kappa shape index (κ1) is 13.8. The van der Waals surface area contributed by atoms with Crippen molar-refractivity contribution in [2.24, 2.45) is 0 Å². The average Bonchev–Trinajstić information content (AvgIpc) is 2.88. The smallest absolute Gasteiger partial charge is 0.139 e. The molecule has 0 saturated carbocycles. The van der Waals surface area contributed by atoms with Gasteiger partial charge >= 0.3 is 0 Å². The van der Waals surface area contributed by atoms with Crippen molar-refractivity contribution in [2.75, 3.05) is 0 Å². The third kappa shape index (κ3) is 2.67. The Balaban J connectivity index is 2.08. The van der Waals surface area contributed by atoms with Gasteiger partial charge in [-0.1, -0.05) is 31.2 Å².